The summed E-state index contributed by atoms with van der Waals surface area (Å²) in [5.74, 6) is 3.02. The highest BCUT2D eigenvalue weighted by Gasteiger charge is 2.27. The molecule has 0 saturated heterocycles. The molecular weight excluding hydrogens is 308 g/mol. The topological polar surface area (TPSA) is 56.7 Å². The molecular formula is C17H18N4OS. The molecule has 1 saturated carbocycles. The monoisotopic (exact) mass is 326 g/mol. The molecule has 6 heteroatoms. The minimum Gasteiger partial charge on any atom is -0.441 e. The molecule has 0 N–H and O–H groups in total. The molecule has 1 aliphatic carbocycles. The molecule has 5 nitrogen and oxygen atoms in total. The van der Waals surface area contributed by atoms with E-state index in [0.717, 1.165) is 22.8 Å². The molecule has 4 rings (SSSR count). The average Bonchev–Trinajstić information content (AvgIpc) is 3.22. The molecule has 1 aliphatic rings. The van der Waals surface area contributed by atoms with Gasteiger partial charge in [0.2, 0.25) is 5.89 Å². The van der Waals surface area contributed by atoms with E-state index in [-0.39, 0.29) is 0 Å². The summed E-state index contributed by atoms with van der Waals surface area (Å²) < 4.78 is 7.68. The zero-order valence-electron chi connectivity index (χ0n) is 13.2. The molecule has 3 aromatic rings. The van der Waals surface area contributed by atoms with E-state index in [0.29, 0.717) is 18.4 Å². The number of nitrogens with zero attached hydrogens (tertiary/aromatic N) is 4. The van der Waals surface area contributed by atoms with Gasteiger partial charge in [0, 0.05) is 16.4 Å². The Morgan fingerprint density at radius 3 is 2.74 bits per heavy atom. The number of hydrogen-bond donors (Lipinski definition) is 0. The van der Waals surface area contributed by atoms with Crippen LogP contribution in [0.15, 0.2) is 39.9 Å². The van der Waals surface area contributed by atoms with Gasteiger partial charge in [-0.05, 0) is 50.3 Å². The van der Waals surface area contributed by atoms with Gasteiger partial charge in [-0.2, -0.15) is 5.10 Å². The fraction of sp³-hybridized carbons (Fsp3) is 0.353. The van der Waals surface area contributed by atoms with E-state index < -0.39 is 0 Å². The van der Waals surface area contributed by atoms with Crippen LogP contribution < -0.4 is 0 Å². The molecule has 0 spiro atoms. The summed E-state index contributed by atoms with van der Waals surface area (Å²) >= 11 is 1.72. The first-order valence-corrected chi connectivity index (χ1v) is 8.95. The van der Waals surface area contributed by atoms with Crippen molar-refractivity contribution in [3.05, 3.63) is 47.9 Å². The number of aryl methyl sites for hydroxylation is 1. The molecule has 0 atom stereocenters. The first-order chi connectivity index (χ1) is 11.2. The van der Waals surface area contributed by atoms with Crippen LogP contribution in [0.5, 0.6) is 0 Å². The molecule has 0 unspecified atom stereocenters. The van der Waals surface area contributed by atoms with Crippen LogP contribution in [-0.4, -0.2) is 26.0 Å². The molecule has 1 fully saturated rings. The van der Waals surface area contributed by atoms with Crippen LogP contribution in [-0.2, 0) is 6.54 Å². The fourth-order valence-corrected chi connectivity index (χ4v) is 2.91. The second-order valence-electron chi connectivity index (χ2n) is 5.83. The van der Waals surface area contributed by atoms with E-state index >= 15 is 0 Å². The maximum Gasteiger partial charge on any atom is 0.226 e. The fourth-order valence-electron chi connectivity index (χ4n) is 2.50. The summed E-state index contributed by atoms with van der Waals surface area (Å²) in [4.78, 5) is 10.2. The maximum atomic E-state index is 5.83. The first-order valence-electron chi connectivity index (χ1n) is 7.73. The Morgan fingerprint density at radius 2 is 2.04 bits per heavy atom. The van der Waals surface area contributed by atoms with Gasteiger partial charge in [0.05, 0.1) is 6.54 Å². The quantitative estimate of drug-likeness (QED) is 0.666. The number of rotatable bonds is 5. The Balaban J connectivity index is 1.55. The normalized spacial score (nSPS) is 14.3. The zero-order valence-corrected chi connectivity index (χ0v) is 14.0. The Bertz CT molecular complexity index is 817. The molecule has 0 amide bonds. The van der Waals surface area contributed by atoms with Gasteiger partial charge in [-0.15, -0.1) is 11.8 Å². The maximum absolute atomic E-state index is 5.83. The van der Waals surface area contributed by atoms with Crippen molar-refractivity contribution < 1.29 is 4.42 Å². The minimum absolute atomic E-state index is 0.570. The Morgan fingerprint density at radius 1 is 1.26 bits per heavy atom. The SMILES string of the molecule is CSc1ccc(-c2nc(Cn3cnc(C4CC4)n3)c(C)o2)cc1. The van der Waals surface area contributed by atoms with E-state index in [1.54, 1.807) is 18.1 Å². The number of hydrogen-bond acceptors (Lipinski definition) is 5. The largest absolute Gasteiger partial charge is 0.441 e. The second-order valence-corrected chi connectivity index (χ2v) is 6.70. The van der Waals surface area contributed by atoms with E-state index in [9.17, 15) is 0 Å². The Labute approximate surface area is 139 Å². The third kappa shape index (κ3) is 3.03. The second kappa shape index (κ2) is 5.85. The lowest BCUT2D eigenvalue weighted by atomic mass is 10.2. The highest BCUT2D eigenvalue weighted by atomic mass is 32.2. The van der Waals surface area contributed by atoms with Gasteiger partial charge in [0.1, 0.15) is 17.8 Å². The Kier molecular flexibility index (Phi) is 3.69. The molecule has 2 heterocycles. The molecule has 23 heavy (non-hydrogen) atoms. The van der Waals surface area contributed by atoms with E-state index in [1.165, 1.54) is 17.7 Å². The summed E-state index contributed by atoms with van der Waals surface area (Å²) in [5, 5.41) is 4.53. The van der Waals surface area contributed by atoms with Crippen molar-refractivity contribution in [2.24, 2.45) is 0 Å². The van der Waals surface area contributed by atoms with Gasteiger partial charge < -0.3 is 4.42 Å². The van der Waals surface area contributed by atoms with Crippen molar-refractivity contribution in [2.75, 3.05) is 6.26 Å². The van der Waals surface area contributed by atoms with E-state index in [1.807, 2.05) is 23.7 Å². The van der Waals surface area contributed by atoms with Gasteiger partial charge in [-0.25, -0.2) is 14.6 Å². The van der Waals surface area contributed by atoms with Crippen LogP contribution in [0.4, 0.5) is 0 Å². The van der Waals surface area contributed by atoms with Crippen molar-refractivity contribution in [3.63, 3.8) is 0 Å². The lowest BCUT2D eigenvalue weighted by molar-refractivity contribution is 0.535. The number of thioether (sulfide) groups is 1. The van der Waals surface area contributed by atoms with Gasteiger partial charge in [-0.1, -0.05) is 0 Å². The summed E-state index contributed by atoms with van der Waals surface area (Å²) in [6.07, 6.45) is 6.28. The van der Waals surface area contributed by atoms with Crippen LogP contribution in [0.25, 0.3) is 11.5 Å². The molecule has 2 aromatic heterocycles. The summed E-state index contributed by atoms with van der Waals surface area (Å²) in [6, 6.07) is 8.25. The van der Waals surface area contributed by atoms with Gasteiger partial charge >= 0.3 is 0 Å². The average molecular weight is 326 g/mol. The molecule has 0 radical (unpaired) electrons. The highest BCUT2D eigenvalue weighted by molar-refractivity contribution is 7.98. The number of aromatic nitrogens is 4. The first kappa shape index (κ1) is 14.5. The van der Waals surface area contributed by atoms with Crippen LogP contribution in [0.2, 0.25) is 0 Å². The van der Waals surface area contributed by atoms with Crippen LogP contribution >= 0.6 is 11.8 Å². The lowest BCUT2D eigenvalue weighted by Crippen LogP contribution is -2.02. The molecule has 118 valence electrons. The minimum atomic E-state index is 0.570. The van der Waals surface area contributed by atoms with Crippen LogP contribution in [0.3, 0.4) is 0 Å². The zero-order chi connectivity index (χ0) is 15.8. The van der Waals surface area contributed by atoms with E-state index in [4.69, 9.17) is 4.42 Å². The van der Waals surface area contributed by atoms with Crippen molar-refractivity contribution in [3.8, 4) is 11.5 Å². The predicted molar refractivity (Wildman–Crippen MR) is 89.6 cm³/mol. The van der Waals surface area contributed by atoms with Gasteiger partial charge in [0.15, 0.2) is 5.82 Å². The lowest BCUT2D eigenvalue weighted by Gasteiger charge is -1.98. The predicted octanol–water partition coefficient (Wildman–Crippen LogP) is 3.89. The highest BCUT2D eigenvalue weighted by Crippen LogP contribution is 2.37. The molecule has 0 aliphatic heterocycles. The number of oxazole rings is 1. The third-order valence-corrected chi connectivity index (χ3v) is 4.78. The molecule has 1 aromatic carbocycles. The standard InChI is InChI=1S/C17H18N4OS/c1-11-15(9-21-10-18-16(20-21)12-3-4-12)19-17(22-11)13-5-7-14(23-2)8-6-13/h5-8,10,12H,3-4,9H2,1-2H3. The summed E-state index contributed by atoms with van der Waals surface area (Å²) in [5.41, 5.74) is 1.90. The summed E-state index contributed by atoms with van der Waals surface area (Å²) in [6.45, 7) is 2.54. The van der Waals surface area contributed by atoms with Crippen molar-refractivity contribution in [1.82, 2.24) is 19.7 Å². The smallest absolute Gasteiger partial charge is 0.226 e. The number of benzene rings is 1. The van der Waals surface area contributed by atoms with Crippen LogP contribution in [0.1, 0.15) is 36.0 Å². The van der Waals surface area contributed by atoms with Crippen molar-refractivity contribution in [2.45, 2.75) is 37.1 Å². The molecule has 0 bridgehead atoms. The van der Waals surface area contributed by atoms with E-state index in [2.05, 4.69) is 33.5 Å². The van der Waals surface area contributed by atoms with Crippen molar-refractivity contribution >= 4 is 11.8 Å². The van der Waals surface area contributed by atoms with Crippen molar-refractivity contribution in [1.29, 1.82) is 0 Å². The van der Waals surface area contributed by atoms with Gasteiger partial charge in [0.25, 0.3) is 0 Å². The Hall–Kier alpha value is -2.08. The van der Waals surface area contributed by atoms with Crippen LogP contribution in [0, 0.1) is 6.92 Å². The summed E-state index contributed by atoms with van der Waals surface area (Å²) in [7, 11) is 0. The third-order valence-electron chi connectivity index (χ3n) is 4.04. The van der Waals surface area contributed by atoms with Gasteiger partial charge in [-0.3, -0.25) is 0 Å².